The fourth-order valence-electron chi connectivity index (χ4n) is 3.84. The molecule has 0 fully saturated rings. The number of anilines is 1. The predicted octanol–water partition coefficient (Wildman–Crippen LogP) is 4.90. The molecule has 0 saturated heterocycles. The summed E-state index contributed by atoms with van der Waals surface area (Å²) in [6, 6.07) is 14.6. The monoisotopic (exact) mass is 431 g/mol. The fourth-order valence-corrected chi connectivity index (χ4v) is 4.35. The van der Waals surface area contributed by atoms with Crippen molar-refractivity contribution >= 4 is 34.2 Å². The average molecular weight is 431 g/mol. The molecule has 1 heterocycles. The number of fused-ring (bicyclic) bond motifs is 3. The second kappa shape index (κ2) is 6.24. The van der Waals surface area contributed by atoms with Crippen LogP contribution in [-0.2, 0) is 4.74 Å². The number of nitrogens with one attached hydrogen (secondary N) is 1. The van der Waals surface area contributed by atoms with Crippen LogP contribution in [0.3, 0.4) is 0 Å². The highest BCUT2D eigenvalue weighted by molar-refractivity contribution is 14.1. The van der Waals surface area contributed by atoms with Crippen molar-refractivity contribution in [1.29, 1.82) is 0 Å². The van der Waals surface area contributed by atoms with E-state index in [1.807, 2.05) is 24.3 Å². The maximum Gasteiger partial charge on any atom is 0.337 e. The van der Waals surface area contributed by atoms with Crippen LogP contribution in [0, 0.1) is 9.49 Å². The molecular formula is C20H18INO2. The van der Waals surface area contributed by atoms with Gasteiger partial charge >= 0.3 is 5.97 Å². The second-order valence-electron chi connectivity index (χ2n) is 6.32. The number of hydrogen-bond donors (Lipinski definition) is 1. The first-order valence-corrected chi connectivity index (χ1v) is 9.16. The van der Waals surface area contributed by atoms with Crippen LogP contribution in [0.4, 0.5) is 5.69 Å². The van der Waals surface area contributed by atoms with Gasteiger partial charge in [-0.1, -0.05) is 24.3 Å². The number of methoxy groups -OCH3 is 1. The summed E-state index contributed by atoms with van der Waals surface area (Å²) in [5, 5.41) is 3.72. The maximum absolute atomic E-state index is 11.6. The van der Waals surface area contributed by atoms with E-state index >= 15 is 0 Å². The standard InChI is InChI=1S/C20H18INO2/c1-24-20(23)13-7-5-12(6-8-13)19-16-4-2-3-15(16)17-11-14(21)9-10-18(17)22-19/h2-3,5-11,15-16,19,22H,4H2,1H3/t15-,16-,19+/m0/s1. The van der Waals surface area contributed by atoms with E-state index in [1.54, 1.807) is 0 Å². The quantitative estimate of drug-likeness (QED) is 0.418. The highest BCUT2D eigenvalue weighted by Gasteiger charge is 2.37. The van der Waals surface area contributed by atoms with E-state index in [2.05, 4.69) is 58.3 Å². The van der Waals surface area contributed by atoms with Gasteiger partial charge < -0.3 is 10.1 Å². The van der Waals surface area contributed by atoms with E-state index in [-0.39, 0.29) is 12.0 Å². The summed E-state index contributed by atoms with van der Waals surface area (Å²) in [6.07, 6.45) is 5.71. The van der Waals surface area contributed by atoms with E-state index in [4.69, 9.17) is 4.74 Å². The smallest absolute Gasteiger partial charge is 0.337 e. The molecule has 122 valence electrons. The van der Waals surface area contributed by atoms with Gasteiger partial charge in [-0.2, -0.15) is 0 Å². The molecule has 24 heavy (non-hydrogen) atoms. The molecule has 3 nitrogen and oxygen atoms in total. The maximum atomic E-state index is 11.6. The first-order valence-electron chi connectivity index (χ1n) is 8.08. The number of allylic oxidation sites excluding steroid dienone is 2. The van der Waals surface area contributed by atoms with Crippen LogP contribution in [0.1, 0.15) is 39.9 Å². The summed E-state index contributed by atoms with van der Waals surface area (Å²) in [6.45, 7) is 0. The SMILES string of the molecule is COC(=O)c1ccc([C@H]2Nc3ccc(I)cc3[C@H]3C=CC[C@@H]32)cc1. The number of carbonyl (C=O) groups is 1. The minimum absolute atomic E-state index is 0.254. The summed E-state index contributed by atoms with van der Waals surface area (Å²) in [4.78, 5) is 11.6. The van der Waals surface area contributed by atoms with Gasteiger partial charge in [0.05, 0.1) is 18.7 Å². The number of benzene rings is 2. The van der Waals surface area contributed by atoms with Crippen LogP contribution in [0.15, 0.2) is 54.6 Å². The second-order valence-corrected chi connectivity index (χ2v) is 7.57. The van der Waals surface area contributed by atoms with Crippen molar-refractivity contribution in [3.8, 4) is 0 Å². The predicted molar refractivity (Wildman–Crippen MR) is 103 cm³/mol. The third-order valence-corrected chi connectivity index (χ3v) is 5.69. The lowest BCUT2D eigenvalue weighted by Gasteiger charge is -2.37. The van der Waals surface area contributed by atoms with Gasteiger partial charge in [0, 0.05) is 15.2 Å². The van der Waals surface area contributed by atoms with Gasteiger partial charge in [0.25, 0.3) is 0 Å². The average Bonchev–Trinajstić information content (AvgIpc) is 3.11. The molecule has 0 amide bonds. The first kappa shape index (κ1) is 15.7. The Balaban J connectivity index is 1.69. The zero-order valence-corrected chi connectivity index (χ0v) is 15.5. The van der Waals surface area contributed by atoms with E-state index in [9.17, 15) is 4.79 Å². The number of halogens is 1. The Morgan fingerprint density at radius 3 is 2.75 bits per heavy atom. The lowest BCUT2D eigenvalue weighted by molar-refractivity contribution is 0.0600. The van der Waals surface area contributed by atoms with E-state index in [0.29, 0.717) is 17.4 Å². The molecule has 0 saturated carbocycles. The molecule has 4 rings (SSSR count). The molecule has 2 aromatic carbocycles. The fraction of sp³-hybridized carbons (Fsp3) is 0.250. The lowest BCUT2D eigenvalue weighted by Crippen LogP contribution is -2.29. The Labute approximate surface area is 155 Å². The van der Waals surface area contributed by atoms with E-state index in [1.165, 1.54) is 27.5 Å². The highest BCUT2D eigenvalue weighted by Crippen LogP contribution is 2.49. The molecule has 2 aromatic rings. The largest absolute Gasteiger partial charge is 0.465 e. The molecule has 1 N–H and O–H groups in total. The zero-order chi connectivity index (χ0) is 16.7. The van der Waals surface area contributed by atoms with Crippen LogP contribution in [0.25, 0.3) is 0 Å². The van der Waals surface area contributed by atoms with Gasteiger partial charge in [-0.05, 0) is 76.4 Å². The van der Waals surface area contributed by atoms with Crippen molar-refractivity contribution in [2.45, 2.75) is 18.4 Å². The molecule has 0 aromatic heterocycles. The Bertz CT molecular complexity index is 813. The normalized spacial score (nSPS) is 24.0. The summed E-state index contributed by atoms with van der Waals surface area (Å²) in [5.74, 6) is 0.680. The van der Waals surface area contributed by atoms with Gasteiger partial charge in [-0.25, -0.2) is 4.79 Å². The van der Waals surface area contributed by atoms with Crippen LogP contribution in [0.5, 0.6) is 0 Å². The van der Waals surface area contributed by atoms with Crippen molar-refractivity contribution in [2.24, 2.45) is 5.92 Å². The third-order valence-electron chi connectivity index (χ3n) is 5.02. The molecule has 0 spiro atoms. The molecule has 3 atom stereocenters. The minimum Gasteiger partial charge on any atom is -0.465 e. The molecule has 0 unspecified atom stereocenters. The summed E-state index contributed by atoms with van der Waals surface area (Å²) >= 11 is 2.37. The van der Waals surface area contributed by atoms with Crippen LogP contribution >= 0.6 is 22.6 Å². The van der Waals surface area contributed by atoms with E-state index in [0.717, 1.165) is 6.42 Å². The van der Waals surface area contributed by atoms with Crippen LogP contribution in [-0.4, -0.2) is 13.1 Å². The van der Waals surface area contributed by atoms with Crippen LogP contribution < -0.4 is 5.32 Å². The highest BCUT2D eigenvalue weighted by atomic mass is 127. The Morgan fingerprint density at radius 2 is 2.00 bits per heavy atom. The Kier molecular flexibility index (Phi) is 4.08. The molecule has 0 radical (unpaired) electrons. The molecule has 2 aliphatic rings. The Morgan fingerprint density at radius 1 is 1.21 bits per heavy atom. The molecular weight excluding hydrogens is 413 g/mol. The summed E-state index contributed by atoms with van der Waals surface area (Å²) in [5.41, 5.74) is 4.41. The number of hydrogen-bond acceptors (Lipinski definition) is 3. The molecule has 0 bridgehead atoms. The van der Waals surface area contributed by atoms with Crippen molar-refractivity contribution in [3.63, 3.8) is 0 Å². The molecule has 1 aliphatic carbocycles. The minimum atomic E-state index is -0.293. The summed E-state index contributed by atoms with van der Waals surface area (Å²) < 4.78 is 6.05. The molecule has 1 aliphatic heterocycles. The van der Waals surface area contributed by atoms with Gasteiger partial charge in [0.2, 0.25) is 0 Å². The topological polar surface area (TPSA) is 38.3 Å². The van der Waals surface area contributed by atoms with Crippen LogP contribution in [0.2, 0.25) is 0 Å². The van der Waals surface area contributed by atoms with Gasteiger partial charge in [0.15, 0.2) is 0 Å². The molecule has 4 heteroatoms. The van der Waals surface area contributed by atoms with Crippen molar-refractivity contribution in [1.82, 2.24) is 0 Å². The van der Waals surface area contributed by atoms with Gasteiger partial charge in [-0.3, -0.25) is 0 Å². The van der Waals surface area contributed by atoms with Crippen molar-refractivity contribution in [3.05, 3.63) is 74.9 Å². The lowest BCUT2D eigenvalue weighted by atomic mass is 9.77. The number of rotatable bonds is 2. The van der Waals surface area contributed by atoms with Gasteiger partial charge in [-0.15, -0.1) is 0 Å². The number of carbonyl (C=O) groups excluding carboxylic acids is 1. The number of esters is 1. The third kappa shape index (κ3) is 2.62. The Hall–Kier alpha value is -1.82. The van der Waals surface area contributed by atoms with E-state index < -0.39 is 0 Å². The van der Waals surface area contributed by atoms with Crippen molar-refractivity contribution < 1.29 is 9.53 Å². The summed E-state index contributed by atoms with van der Waals surface area (Å²) in [7, 11) is 1.41. The first-order chi connectivity index (χ1) is 11.7. The van der Waals surface area contributed by atoms with Gasteiger partial charge in [0.1, 0.15) is 0 Å². The zero-order valence-electron chi connectivity index (χ0n) is 13.3. The number of ether oxygens (including phenoxy) is 1. The van der Waals surface area contributed by atoms with Crippen molar-refractivity contribution in [2.75, 3.05) is 12.4 Å².